The highest BCUT2D eigenvalue weighted by atomic mass is 16.7. The molecule has 0 aromatic heterocycles. The number of aliphatic carboxylic acids is 1. The molecular weight excluding hydrogens is 498 g/mol. The van der Waals surface area contributed by atoms with Crippen LogP contribution in [0.2, 0.25) is 0 Å². The van der Waals surface area contributed by atoms with Crippen LogP contribution in [-0.4, -0.2) is 58.3 Å². The first-order valence-electron chi connectivity index (χ1n) is 12.8. The quantitative estimate of drug-likeness (QED) is 0.249. The molecular formula is C30H35N3O6. The first kappa shape index (κ1) is 29.3. The number of carboxylic acids is 1. The monoisotopic (exact) mass is 533 g/mol. The summed E-state index contributed by atoms with van der Waals surface area (Å²) in [6.07, 6.45) is -1.50. The van der Waals surface area contributed by atoms with Crippen molar-refractivity contribution in [1.82, 2.24) is 15.7 Å². The van der Waals surface area contributed by atoms with Crippen molar-refractivity contribution in [3.05, 3.63) is 96.1 Å². The molecule has 0 fully saturated rings. The molecule has 0 heterocycles. The van der Waals surface area contributed by atoms with E-state index in [-0.39, 0.29) is 32.0 Å². The number of urea groups is 1. The van der Waals surface area contributed by atoms with Crippen molar-refractivity contribution in [3.8, 4) is 11.1 Å². The third-order valence-electron chi connectivity index (χ3n) is 5.92. The highest BCUT2D eigenvalue weighted by Crippen LogP contribution is 2.20. The molecule has 3 amide bonds. The topological polar surface area (TPSA) is 128 Å². The third kappa shape index (κ3) is 9.55. The van der Waals surface area contributed by atoms with E-state index in [4.69, 9.17) is 4.84 Å². The van der Waals surface area contributed by atoms with E-state index in [0.29, 0.717) is 0 Å². The maximum Gasteiger partial charge on any atom is 0.326 e. The number of carbonyl (C=O) groups excluding carboxylic acids is 2. The van der Waals surface area contributed by atoms with Gasteiger partial charge in [0, 0.05) is 13.0 Å². The lowest BCUT2D eigenvalue weighted by Crippen LogP contribution is -2.53. The number of hydroxylamine groups is 1. The second-order valence-corrected chi connectivity index (χ2v) is 9.66. The van der Waals surface area contributed by atoms with Crippen LogP contribution in [0.4, 0.5) is 4.79 Å². The number of carboxylic acid groups (broad SMARTS) is 1. The number of benzene rings is 3. The zero-order chi connectivity index (χ0) is 28.2. The zero-order valence-corrected chi connectivity index (χ0v) is 22.1. The van der Waals surface area contributed by atoms with Crippen LogP contribution in [0.15, 0.2) is 84.9 Å². The van der Waals surface area contributed by atoms with Crippen LogP contribution in [0.25, 0.3) is 11.1 Å². The third-order valence-corrected chi connectivity index (χ3v) is 5.92. The van der Waals surface area contributed by atoms with Gasteiger partial charge in [-0.25, -0.2) is 15.1 Å². The van der Waals surface area contributed by atoms with Gasteiger partial charge in [0.25, 0.3) is 5.91 Å². The van der Waals surface area contributed by atoms with Crippen LogP contribution >= 0.6 is 0 Å². The normalized spacial score (nSPS) is 12.4. The van der Waals surface area contributed by atoms with Crippen molar-refractivity contribution in [2.45, 2.75) is 39.0 Å². The maximum absolute atomic E-state index is 13.1. The Balaban J connectivity index is 1.58. The highest BCUT2D eigenvalue weighted by Gasteiger charge is 2.27. The molecule has 3 rings (SSSR count). The molecule has 206 valence electrons. The molecule has 39 heavy (non-hydrogen) atoms. The number of aliphatic hydroxyl groups excluding tert-OH is 1. The van der Waals surface area contributed by atoms with Crippen molar-refractivity contribution in [2.75, 3.05) is 13.1 Å². The summed E-state index contributed by atoms with van der Waals surface area (Å²) < 4.78 is 0. The van der Waals surface area contributed by atoms with E-state index >= 15 is 0 Å². The Morgan fingerprint density at radius 3 is 2.00 bits per heavy atom. The van der Waals surface area contributed by atoms with Crippen molar-refractivity contribution in [3.63, 3.8) is 0 Å². The summed E-state index contributed by atoms with van der Waals surface area (Å²) in [6.45, 7) is 3.74. The molecule has 0 aliphatic heterocycles. The number of nitrogens with one attached hydrogen (secondary N) is 2. The van der Waals surface area contributed by atoms with Gasteiger partial charge >= 0.3 is 12.0 Å². The van der Waals surface area contributed by atoms with Gasteiger partial charge in [0.1, 0.15) is 6.04 Å². The molecule has 0 bridgehead atoms. The molecule has 0 radical (unpaired) electrons. The number of hydrogen-bond donors (Lipinski definition) is 4. The summed E-state index contributed by atoms with van der Waals surface area (Å²) in [4.78, 5) is 43.8. The molecule has 3 aromatic carbocycles. The smallest absolute Gasteiger partial charge is 0.326 e. The summed E-state index contributed by atoms with van der Waals surface area (Å²) in [6, 6.07) is 24.6. The van der Waals surface area contributed by atoms with Gasteiger partial charge < -0.3 is 20.4 Å². The van der Waals surface area contributed by atoms with Gasteiger partial charge in [-0.2, -0.15) is 0 Å². The van der Waals surface area contributed by atoms with Crippen LogP contribution in [0.3, 0.4) is 0 Å². The molecule has 0 aliphatic carbocycles. The Morgan fingerprint density at radius 2 is 1.41 bits per heavy atom. The standard InChI is InChI=1S/C30H35N3O6/c1-21(2)18-33(19-27(34)28(35)32-39-20-23-9-5-3-6-10-23)30(38)31-26(29(36)37)17-22-13-15-25(16-14-22)24-11-7-4-8-12-24/h3-16,21,26-27,34H,17-20H2,1-2H3,(H,31,38)(H,32,35)(H,36,37)/t26-,27-/m0/s1. The molecule has 4 N–H and O–H groups in total. The minimum atomic E-state index is -1.57. The molecule has 0 aliphatic rings. The molecule has 0 saturated heterocycles. The first-order chi connectivity index (χ1) is 18.7. The number of hydrogen-bond acceptors (Lipinski definition) is 5. The highest BCUT2D eigenvalue weighted by molar-refractivity contribution is 5.84. The van der Waals surface area contributed by atoms with Crippen molar-refractivity contribution >= 4 is 17.9 Å². The minimum absolute atomic E-state index is 0.00847. The number of nitrogens with zero attached hydrogens (tertiary/aromatic N) is 1. The molecule has 0 spiro atoms. The lowest BCUT2D eigenvalue weighted by atomic mass is 10.0. The van der Waals surface area contributed by atoms with E-state index in [1.165, 1.54) is 4.90 Å². The van der Waals surface area contributed by atoms with Crippen LogP contribution in [0, 0.1) is 5.92 Å². The Bertz CT molecular complexity index is 1200. The summed E-state index contributed by atoms with van der Waals surface area (Å²) in [5, 5.41) is 22.7. The summed E-state index contributed by atoms with van der Waals surface area (Å²) in [5.41, 5.74) is 5.82. The Labute approximate surface area is 228 Å². The van der Waals surface area contributed by atoms with Gasteiger partial charge in [-0.1, -0.05) is 98.8 Å². The summed E-state index contributed by atoms with van der Waals surface area (Å²) >= 11 is 0. The number of amides is 3. The van der Waals surface area contributed by atoms with E-state index in [9.17, 15) is 24.6 Å². The van der Waals surface area contributed by atoms with E-state index < -0.39 is 30.1 Å². The summed E-state index contributed by atoms with van der Waals surface area (Å²) in [7, 11) is 0. The second-order valence-electron chi connectivity index (χ2n) is 9.66. The first-order valence-corrected chi connectivity index (χ1v) is 12.8. The number of carbonyl (C=O) groups is 3. The van der Waals surface area contributed by atoms with Crippen molar-refractivity contribution in [1.29, 1.82) is 0 Å². The molecule has 9 heteroatoms. The minimum Gasteiger partial charge on any atom is -0.480 e. The number of aliphatic hydroxyl groups is 1. The van der Waals surface area contributed by atoms with Gasteiger partial charge in [-0.15, -0.1) is 0 Å². The average Bonchev–Trinajstić information content (AvgIpc) is 2.93. The molecule has 0 saturated carbocycles. The fourth-order valence-corrected chi connectivity index (χ4v) is 3.95. The number of rotatable bonds is 13. The predicted molar refractivity (Wildman–Crippen MR) is 147 cm³/mol. The van der Waals surface area contributed by atoms with Crippen LogP contribution < -0.4 is 10.8 Å². The Kier molecular flexibility index (Phi) is 11.0. The van der Waals surface area contributed by atoms with Gasteiger partial charge in [0.05, 0.1) is 13.2 Å². The van der Waals surface area contributed by atoms with Crippen molar-refractivity contribution < 1.29 is 29.4 Å². The van der Waals surface area contributed by atoms with E-state index in [0.717, 1.165) is 22.3 Å². The second kappa shape index (κ2) is 14.7. The molecule has 2 atom stereocenters. The zero-order valence-electron chi connectivity index (χ0n) is 22.1. The van der Waals surface area contributed by atoms with Crippen LogP contribution in [-0.2, 0) is 27.5 Å². The van der Waals surface area contributed by atoms with E-state index in [1.807, 2.05) is 98.8 Å². The average molecular weight is 534 g/mol. The fraction of sp³-hybridized carbons (Fsp3) is 0.300. The van der Waals surface area contributed by atoms with Gasteiger partial charge in [-0.05, 0) is 28.2 Å². The molecule has 3 aromatic rings. The fourth-order valence-electron chi connectivity index (χ4n) is 3.95. The summed E-state index contributed by atoms with van der Waals surface area (Å²) in [5.74, 6) is -1.98. The van der Waals surface area contributed by atoms with Gasteiger partial charge in [-0.3, -0.25) is 9.63 Å². The van der Waals surface area contributed by atoms with Gasteiger partial charge in [0.15, 0.2) is 6.10 Å². The maximum atomic E-state index is 13.1. The van der Waals surface area contributed by atoms with Gasteiger partial charge in [0.2, 0.25) is 0 Å². The Morgan fingerprint density at radius 1 is 0.821 bits per heavy atom. The van der Waals surface area contributed by atoms with Crippen LogP contribution in [0.1, 0.15) is 25.0 Å². The van der Waals surface area contributed by atoms with E-state index in [2.05, 4.69) is 10.8 Å². The molecule has 9 nitrogen and oxygen atoms in total. The SMILES string of the molecule is CC(C)CN(C[C@H](O)C(=O)NOCc1ccccc1)C(=O)N[C@@H](Cc1ccc(-c2ccccc2)cc1)C(=O)O. The van der Waals surface area contributed by atoms with Crippen molar-refractivity contribution in [2.24, 2.45) is 5.92 Å². The lowest BCUT2D eigenvalue weighted by Gasteiger charge is -2.28. The lowest BCUT2D eigenvalue weighted by molar-refractivity contribution is -0.144. The predicted octanol–water partition coefficient (Wildman–Crippen LogP) is 3.63. The Hall–Kier alpha value is -4.21. The van der Waals surface area contributed by atoms with E-state index in [1.54, 1.807) is 0 Å². The molecule has 0 unspecified atom stereocenters. The largest absolute Gasteiger partial charge is 0.480 e. The van der Waals surface area contributed by atoms with Crippen LogP contribution in [0.5, 0.6) is 0 Å².